The van der Waals surface area contributed by atoms with E-state index in [1.54, 1.807) is 19.1 Å². The van der Waals surface area contributed by atoms with Crippen LogP contribution in [0.1, 0.15) is 52.9 Å². The molecule has 0 spiro atoms. The van der Waals surface area contributed by atoms with Crippen LogP contribution in [0.5, 0.6) is 0 Å². The summed E-state index contributed by atoms with van der Waals surface area (Å²) in [5.74, 6) is -0.884. The molecule has 0 aliphatic carbocycles. The molecule has 1 aromatic heterocycles. The van der Waals surface area contributed by atoms with Gasteiger partial charge in [-0.15, -0.1) is 0 Å². The first kappa shape index (κ1) is 15.8. The van der Waals surface area contributed by atoms with Crippen LogP contribution in [0.4, 0.5) is 5.69 Å². The van der Waals surface area contributed by atoms with E-state index in [4.69, 9.17) is 9.63 Å². The second-order valence-corrected chi connectivity index (χ2v) is 6.12. The minimum Gasteiger partial charge on any atom is -0.478 e. The van der Waals surface area contributed by atoms with Crippen LogP contribution in [0.15, 0.2) is 28.8 Å². The molecule has 2 aromatic rings. The molecular weight excluding hydrogens is 284 g/mol. The number of benzene rings is 1. The Morgan fingerprint density at radius 2 is 1.91 bits per heavy atom. The summed E-state index contributed by atoms with van der Waals surface area (Å²) in [6, 6.07) is 6.13. The van der Waals surface area contributed by atoms with Crippen molar-refractivity contribution in [3.63, 3.8) is 0 Å². The van der Waals surface area contributed by atoms with E-state index < -0.39 is 11.9 Å². The quantitative estimate of drug-likeness (QED) is 0.908. The zero-order valence-corrected chi connectivity index (χ0v) is 12.9. The van der Waals surface area contributed by atoms with Crippen LogP contribution in [-0.2, 0) is 5.41 Å². The number of hydrogen-bond donors (Lipinski definition) is 2. The van der Waals surface area contributed by atoms with Gasteiger partial charge in [-0.2, -0.15) is 0 Å². The SMILES string of the molecule is Cc1ccc(C(=O)O)cc1NC(=O)c1cc(C(C)(C)C)on1. The molecule has 1 amide bonds. The summed E-state index contributed by atoms with van der Waals surface area (Å²) in [4.78, 5) is 23.2. The highest BCUT2D eigenvalue weighted by atomic mass is 16.5. The Labute approximate surface area is 128 Å². The van der Waals surface area contributed by atoms with Crippen molar-refractivity contribution in [3.8, 4) is 0 Å². The molecule has 6 nitrogen and oxygen atoms in total. The molecule has 1 heterocycles. The van der Waals surface area contributed by atoms with Crippen LogP contribution in [0.3, 0.4) is 0 Å². The first-order chi connectivity index (χ1) is 10.2. The molecule has 22 heavy (non-hydrogen) atoms. The van der Waals surface area contributed by atoms with E-state index in [-0.39, 0.29) is 16.7 Å². The van der Waals surface area contributed by atoms with Crippen molar-refractivity contribution in [2.45, 2.75) is 33.1 Å². The minimum atomic E-state index is -1.05. The normalized spacial score (nSPS) is 11.3. The van der Waals surface area contributed by atoms with Crippen LogP contribution >= 0.6 is 0 Å². The average molecular weight is 302 g/mol. The van der Waals surface area contributed by atoms with Crippen LogP contribution < -0.4 is 5.32 Å². The van der Waals surface area contributed by atoms with Crippen molar-refractivity contribution in [2.24, 2.45) is 0 Å². The number of nitrogens with one attached hydrogen (secondary N) is 1. The molecule has 2 rings (SSSR count). The smallest absolute Gasteiger partial charge is 0.335 e. The summed E-state index contributed by atoms with van der Waals surface area (Å²) in [5, 5.41) is 15.4. The van der Waals surface area contributed by atoms with Gasteiger partial charge in [0.1, 0.15) is 5.76 Å². The van der Waals surface area contributed by atoms with Gasteiger partial charge in [0.05, 0.1) is 5.56 Å². The van der Waals surface area contributed by atoms with Crippen LogP contribution in [0.2, 0.25) is 0 Å². The van der Waals surface area contributed by atoms with Crippen LogP contribution in [-0.4, -0.2) is 22.1 Å². The molecule has 0 saturated heterocycles. The Balaban J connectivity index is 2.24. The lowest BCUT2D eigenvalue weighted by atomic mass is 9.93. The highest BCUT2D eigenvalue weighted by molar-refractivity contribution is 6.04. The molecule has 116 valence electrons. The Bertz CT molecular complexity index is 726. The van der Waals surface area contributed by atoms with E-state index in [0.717, 1.165) is 5.56 Å². The third kappa shape index (κ3) is 3.33. The predicted octanol–water partition coefficient (Wildman–Crippen LogP) is 3.23. The fourth-order valence-corrected chi connectivity index (χ4v) is 1.81. The van der Waals surface area contributed by atoms with Crippen molar-refractivity contribution in [1.29, 1.82) is 0 Å². The van der Waals surface area contributed by atoms with Gasteiger partial charge in [-0.05, 0) is 24.6 Å². The third-order valence-electron chi connectivity index (χ3n) is 3.21. The number of aromatic nitrogens is 1. The lowest BCUT2D eigenvalue weighted by Gasteiger charge is -2.12. The van der Waals surface area contributed by atoms with Crippen molar-refractivity contribution in [2.75, 3.05) is 5.32 Å². The molecular formula is C16H18N2O4. The second kappa shape index (κ2) is 5.63. The van der Waals surface area contributed by atoms with Crippen molar-refractivity contribution >= 4 is 17.6 Å². The first-order valence-corrected chi connectivity index (χ1v) is 6.81. The highest BCUT2D eigenvalue weighted by Crippen LogP contribution is 2.23. The minimum absolute atomic E-state index is 0.108. The number of anilines is 1. The number of hydrogen-bond acceptors (Lipinski definition) is 4. The summed E-state index contributed by atoms with van der Waals surface area (Å²) >= 11 is 0. The van der Waals surface area contributed by atoms with E-state index in [1.165, 1.54) is 12.1 Å². The highest BCUT2D eigenvalue weighted by Gasteiger charge is 2.22. The topological polar surface area (TPSA) is 92.4 Å². The summed E-state index contributed by atoms with van der Waals surface area (Å²) < 4.78 is 5.18. The molecule has 0 saturated carbocycles. The van der Waals surface area contributed by atoms with Gasteiger partial charge in [0.25, 0.3) is 5.91 Å². The van der Waals surface area contributed by atoms with Crippen LogP contribution in [0.25, 0.3) is 0 Å². The summed E-state index contributed by atoms with van der Waals surface area (Å²) in [6.07, 6.45) is 0. The number of amides is 1. The standard InChI is InChI=1S/C16H18N2O4/c1-9-5-6-10(15(20)21)7-11(9)17-14(19)12-8-13(22-18-12)16(2,3)4/h5-8H,1-4H3,(H,17,19)(H,20,21). The van der Waals surface area contributed by atoms with Gasteiger partial charge in [-0.1, -0.05) is 32.0 Å². The largest absolute Gasteiger partial charge is 0.478 e. The van der Waals surface area contributed by atoms with E-state index in [1.807, 2.05) is 20.8 Å². The number of rotatable bonds is 3. The molecule has 0 aliphatic rings. The molecule has 0 radical (unpaired) electrons. The first-order valence-electron chi connectivity index (χ1n) is 6.81. The van der Waals surface area contributed by atoms with E-state index in [2.05, 4.69) is 10.5 Å². The molecule has 2 N–H and O–H groups in total. The van der Waals surface area contributed by atoms with E-state index in [9.17, 15) is 9.59 Å². The van der Waals surface area contributed by atoms with Gasteiger partial charge < -0.3 is 14.9 Å². The van der Waals surface area contributed by atoms with Crippen molar-refractivity contribution < 1.29 is 19.2 Å². The number of carbonyl (C=O) groups is 2. The Morgan fingerprint density at radius 3 is 2.45 bits per heavy atom. The van der Waals surface area contributed by atoms with Crippen molar-refractivity contribution in [1.82, 2.24) is 5.16 Å². The van der Waals surface area contributed by atoms with E-state index in [0.29, 0.717) is 11.4 Å². The van der Waals surface area contributed by atoms with Gasteiger partial charge in [0, 0.05) is 17.2 Å². The Hall–Kier alpha value is -2.63. The maximum atomic E-state index is 12.2. The number of aromatic carboxylic acids is 1. The predicted molar refractivity (Wildman–Crippen MR) is 81.3 cm³/mol. The molecule has 0 fully saturated rings. The number of carboxylic acids is 1. The molecule has 0 unspecified atom stereocenters. The number of nitrogens with zero attached hydrogens (tertiary/aromatic N) is 1. The third-order valence-corrected chi connectivity index (χ3v) is 3.21. The summed E-state index contributed by atoms with van der Waals surface area (Å²) in [7, 11) is 0. The zero-order valence-electron chi connectivity index (χ0n) is 12.9. The number of carbonyl (C=O) groups excluding carboxylic acids is 1. The lowest BCUT2D eigenvalue weighted by Crippen LogP contribution is -2.14. The second-order valence-electron chi connectivity index (χ2n) is 6.12. The maximum Gasteiger partial charge on any atom is 0.335 e. The van der Waals surface area contributed by atoms with Gasteiger partial charge in [-0.25, -0.2) is 4.79 Å². The number of aryl methyl sites for hydroxylation is 1. The molecule has 1 aromatic carbocycles. The number of carboxylic acid groups (broad SMARTS) is 1. The average Bonchev–Trinajstić information content (AvgIpc) is 2.90. The van der Waals surface area contributed by atoms with E-state index >= 15 is 0 Å². The Morgan fingerprint density at radius 1 is 1.23 bits per heavy atom. The Kier molecular flexibility index (Phi) is 4.03. The van der Waals surface area contributed by atoms with Crippen molar-refractivity contribution in [3.05, 3.63) is 46.8 Å². The van der Waals surface area contributed by atoms with Gasteiger partial charge >= 0.3 is 5.97 Å². The summed E-state index contributed by atoms with van der Waals surface area (Å²) in [5.41, 5.74) is 1.22. The van der Waals surface area contributed by atoms with Gasteiger partial charge in [0.15, 0.2) is 5.69 Å². The molecule has 0 atom stereocenters. The monoisotopic (exact) mass is 302 g/mol. The maximum absolute atomic E-state index is 12.2. The van der Waals surface area contributed by atoms with Crippen LogP contribution in [0, 0.1) is 6.92 Å². The van der Waals surface area contributed by atoms with Gasteiger partial charge in [0.2, 0.25) is 0 Å². The molecule has 0 bridgehead atoms. The molecule has 0 aliphatic heterocycles. The fraction of sp³-hybridized carbons (Fsp3) is 0.312. The summed E-state index contributed by atoms with van der Waals surface area (Å²) in [6.45, 7) is 7.64. The fourth-order valence-electron chi connectivity index (χ4n) is 1.81. The van der Waals surface area contributed by atoms with Gasteiger partial charge in [-0.3, -0.25) is 4.79 Å². The zero-order chi connectivity index (χ0) is 16.5. The molecule has 6 heteroatoms. The lowest BCUT2D eigenvalue weighted by molar-refractivity contribution is 0.0696.